The van der Waals surface area contributed by atoms with Gasteiger partial charge in [-0.05, 0) is 12.5 Å². The zero-order valence-corrected chi connectivity index (χ0v) is 7.56. The standard InChI is InChI=1S/C7H10OS2/c1-5(2)7(8)10-6-3-9-4-6/h6H,1,3-4H2,2H3. The van der Waals surface area contributed by atoms with Gasteiger partial charge in [0.1, 0.15) is 0 Å². The molecular formula is C7H10OS2. The van der Waals surface area contributed by atoms with Crippen LogP contribution in [0.2, 0.25) is 0 Å². The van der Waals surface area contributed by atoms with Gasteiger partial charge in [0.25, 0.3) is 0 Å². The maximum atomic E-state index is 11.0. The molecule has 0 N–H and O–H groups in total. The summed E-state index contributed by atoms with van der Waals surface area (Å²) in [5.41, 5.74) is 0.668. The monoisotopic (exact) mass is 174 g/mol. The number of hydrogen-bond donors (Lipinski definition) is 0. The third-order valence-corrected chi connectivity index (χ3v) is 4.16. The first-order valence-corrected chi connectivity index (χ1v) is 5.18. The number of rotatable bonds is 2. The summed E-state index contributed by atoms with van der Waals surface area (Å²) < 4.78 is 0. The third kappa shape index (κ3) is 2.06. The van der Waals surface area contributed by atoms with E-state index in [4.69, 9.17) is 0 Å². The summed E-state index contributed by atoms with van der Waals surface area (Å²) >= 11 is 3.33. The van der Waals surface area contributed by atoms with Gasteiger partial charge in [-0.3, -0.25) is 4.79 Å². The molecule has 0 bridgehead atoms. The highest BCUT2D eigenvalue weighted by Crippen LogP contribution is 2.30. The molecule has 1 heterocycles. The van der Waals surface area contributed by atoms with Crippen molar-refractivity contribution in [2.45, 2.75) is 12.2 Å². The van der Waals surface area contributed by atoms with Gasteiger partial charge >= 0.3 is 0 Å². The van der Waals surface area contributed by atoms with Crippen LogP contribution in [0.4, 0.5) is 0 Å². The van der Waals surface area contributed by atoms with Gasteiger partial charge in [0.15, 0.2) is 0 Å². The molecule has 0 unspecified atom stereocenters. The molecule has 1 aliphatic heterocycles. The van der Waals surface area contributed by atoms with E-state index in [0.29, 0.717) is 10.8 Å². The van der Waals surface area contributed by atoms with Crippen LogP contribution in [0, 0.1) is 0 Å². The highest BCUT2D eigenvalue weighted by Gasteiger charge is 2.21. The van der Waals surface area contributed by atoms with Crippen LogP contribution in [-0.4, -0.2) is 21.9 Å². The highest BCUT2D eigenvalue weighted by molar-refractivity contribution is 8.17. The quantitative estimate of drug-likeness (QED) is 0.595. The van der Waals surface area contributed by atoms with E-state index >= 15 is 0 Å². The molecule has 1 nitrogen and oxygen atoms in total. The van der Waals surface area contributed by atoms with Crippen LogP contribution in [0.25, 0.3) is 0 Å². The second-order valence-corrected chi connectivity index (χ2v) is 4.69. The molecule has 1 fully saturated rings. The molecule has 56 valence electrons. The maximum absolute atomic E-state index is 11.0. The van der Waals surface area contributed by atoms with Gasteiger partial charge in [0, 0.05) is 16.8 Å². The van der Waals surface area contributed by atoms with Crippen molar-refractivity contribution in [3.63, 3.8) is 0 Å². The first-order chi connectivity index (χ1) is 4.70. The van der Waals surface area contributed by atoms with E-state index in [1.54, 1.807) is 6.92 Å². The van der Waals surface area contributed by atoms with Gasteiger partial charge in [0.2, 0.25) is 5.12 Å². The van der Waals surface area contributed by atoms with Crippen molar-refractivity contribution in [2.75, 3.05) is 11.5 Å². The molecule has 0 saturated carbocycles. The smallest absolute Gasteiger partial charge is 0.214 e. The zero-order chi connectivity index (χ0) is 7.56. The lowest BCUT2D eigenvalue weighted by atomic mass is 10.4. The third-order valence-electron chi connectivity index (χ3n) is 1.23. The fraction of sp³-hybridized carbons (Fsp3) is 0.571. The van der Waals surface area contributed by atoms with Gasteiger partial charge in [-0.15, -0.1) is 0 Å². The largest absolute Gasteiger partial charge is 0.282 e. The summed E-state index contributed by atoms with van der Waals surface area (Å²) in [5.74, 6) is 2.26. The Balaban J connectivity index is 2.23. The molecule has 0 aromatic rings. The first-order valence-electron chi connectivity index (χ1n) is 3.14. The summed E-state index contributed by atoms with van der Waals surface area (Å²) in [5, 5.41) is 0.722. The second kappa shape index (κ2) is 3.49. The van der Waals surface area contributed by atoms with Crippen LogP contribution >= 0.6 is 23.5 Å². The number of thioether (sulfide) groups is 2. The van der Waals surface area contributed by atoms with E-state index in [1.807, 2.05) is 11.8 Å². The minimum Gasteiger partial charge on any atom is -0.282 e. The van der Waals surface area contributed by atoms with Crippen LogP contribution in [0.15, 0.2) is 12.2 Å². The molecule has 1 rings (SSSR count). The maximum Gasteiger partial charge on any atom is 0.214 e. The summed E-state index contributed by atoms with van der Waals surface area (Å²) in [7, 11) is 0. The average Bonchev–Trinajstić information content (AvgIpc) is 1.77. The summed E-state index contributed by atoms with van der Waals surface area (Å²) in [6.45, 7) is 5.35. The van der Waals surface area contributed by atoms with Crippen molar-refractivity contribution in [3.8, 4) is 0 Å². The summed E-state index contributed by atoms with van der Waals surface area (Å²) in [6.07, 6.45) is 0. The lowest BCUT2D eigenvalue weighted by Gasteiger charge is -2.22. The van der Waals surface area contributed by atoms with E-state index in [9.17, 15) is 4.79 Å². The Morgan fingerprint density at radius 3 is 2.60 bits per heavy atom. The Morgan fingerprint density at radius 1 is 1.70 bits per heavy atom. The molecule has 1 saturated heterocycles. The molecule has 0 spiro atoms. The van der Waals surface area contributed by atoms with E-state index in [0.717, 1.165) is 11.5 Å². The average molecular weight is 174 g/mol. The number of carbonyl (C=O) groups is 1. The first kappa shape index (κ1) is 8.21. The molecule has 0 atom stereocenters. The van der Waals surface area contributed by atoms with Crippen molar-refractivity contribution < 1.29 is 4.79 Å². The fourth-order valence-electron chi connectivity index (χ4n) is 0.534. The van der Waals surface area contributed by atoms with E-state index in [2.05, 4.69) is 6.58 Å². The normalized spacial score (nSPS) is 18.1. The molecule has 0 aromatic heterocycles. The molecule has 3 heteroatoms. The minimum absolute atomic E-state index is 0.158. The van der Waals surface area contributed by atoms with Crippen molar-refractivity contribution in [1.82, 2.24) is 0 Å². The lowest BCUT2D eigenvalue weighted by Crippen LogP contribution is -2.22. The van der Waals surface area contributed by atoms with Crippen molar-refractivity contribution >= 4 is 28.6 Å². The molecule has 0 aromatic carbocycles. The molecule has 10 heavy (non-hydrogen) atoms. The second-order valence-electron chi connectivity index (χ2n) is 2.35. The Labute approximate surface area is 69.6 Å². The van der Waals surface area contributed by atoms with E-state index in [-0.39, 0.29) is 5.12 Å². The Morgan fingerprint density at radius 2 is 2.30 bits per heavy atom. The topological polar surface area (TPSA) is 17.1 Å². The zero-order valence-electron chi connectivity index (χ0n) is 5.92. The number of carbonyl (C=O) groups excluding carboxylic acids is 1. The fourth-order valence-corrected chi connectivity index (χ4v) is 2.59. The molecular weight excluding hydrogens is 164 g/mol. The van der Waals surface area contributed by atoms with E-state index < -0.39 is 0 Å². The van der Waals surface area contributed by atoms with Crippen molar-refractivity contribution in [1.29, 1.82) is 0 Å². The SMILES string of the molecule is C=C(C)C(=O)SC1CSC1. The Hall–Kier alpha value is 0.110. The van der Waals surface area contributed by atoms with Gasteiger partial charge in [-0.25, -0.2) is 0 Å². The van der Waals surface area contributed by atoms with Crippen LogP contribution in [0.3, 0.4) is 0 Å². The van der Waals surface area contributed by atoms with Gasteiger partial charge < -0.3 is 0 Å². The highest BCUT2D eigenvalue weighted by atomic mass is 32.2. The van der Waals surface area contributed by atoms with Crippen LogP contribution in [0.5, 0.6) is 0 Å². The van der Waals surface area contributed by atoms with E-state index in [1.165, 1.54) is 11.8 Å². The van der Waals surface area contributed by atoms with Crippen molar-refractivity contribution in [3.05, 3.63) is 12.2 Å². The van der Waals surface area contributed by atoms with Crippen molar-refractivity contribution in [2.24, 2.45) is 0 Å². The molecule has 0 amide bonds. The summed E-state index contributed by atoms with van der Waals surface area (Å²) in [4.78, 5) is 11.0. The number of hydrogen-bond acceptors (Lipinski definition) is 3. The lowest BCUT2D eigenvalue weighted by molar-refractivity contribution is -0.107. The molecule has 0 aliphatic carbocycles. The minimum atomic E-state index is 0.158. The van der Waals surface area contributed by atoms with Gasteiger partial charge in [0.05, 0.1) is 0 Å². The van der Waals surface area contributed by atoms with Crippen LogP contribution in [0.1, 0.15) is 6.92 Å². The predicted molar refractivity (Wildman–Crippen MR) is 48.5 cm³/mol. The molecule has 1 aliphatic rings. The van der Waals surface area contributed by atoms with Crippen LogP contribution in [-0.2, 0) is 4.79 Å². The van der Waals surface area contributed by atoms with Gasteiger partial charge in [-0.1, -0.05) is 18.3 Å². The predicted octanol–water partition coefficient (Wildman–Crippen LogP) is 1.94. The van der Waals surface area contributed by atoms with Crippen LogP contribution < -0.4 is 0 Å². The Kier molecular flexibility index (Phi) is 2.86. The molecule has 0 radical (unpaired) electrons. The Bertz CT molecular complexity index is 161. The summed E-state index contributed by atoms with van der Waals surface area (Å²) in [6, 6.07) is 0. The van der Waals surface area contributed by atoms with Gasteiger partial charge in [-0.2, -0.15) is 11.8 Å².